The fourth-order valence-corrected chi connectivity index (χ4v) is 5.56. The number of nitrogens with one attached hydrogen (secondary N) is 1. The molecule has 2 amide bonds. The summed E-state index contributed by atoms with van der Waals surface area (Å²) in [5, 5.41) is 0. The Hall–Kier alpha value is -2.23. The van der Waals surface area contributed by atoms with Crippen molar-refractivity contribution in [2.75, 3.05) is 19.6 Å². The van der Waals surface area contributed by atoms with E-state index in [1.54, 1.807) is 6.92 Å². The fourth-order valence-electron chi connectivity index (χ4n) is 5.05. The van der Waals surface area contributed by atoms with Gasteiger partial charge in [-0.25, -0.2) is 4.98 Å². The number of amides is 2. The highest BCUT2D eigenvalue weighted by atomic mass is 127. The number of likely N-dealkylation sites (tertiary alicyclic amines) is 1. The van der Waals surface area contributed by atoms with Gasteiger partial charge in [-0.1, -0.05) is 66.6 Å². The summed E-state index contributed by atoms with van der Waals surface area (Å²) < 4.78 is 0.933. The first-order valence-corrected chi connectivity index (χ1v) is 13.8. The van der Waals surface area contributed by atoms with E-state index in [1.165, 1.54) is 5.56 Å². The first kappa shape index (κ1) is 24.9. The monoisotopic (exact) mass is 576 g/mol. The standard InChI is InChI=1S/C26H33IN4O3/c1-3-4-5-21-15-31(26(34)20-10-12-30(13-11-20)17(2)32)16-22-23(21)28-24(29-25(22)33)19-8-6-18(14-27)7-9-19/h6-9,20-21H,3-5,10-16H2,1-2H3,(H,28,29,33). The number of aromatic nitrogens is 2. The lowest BCUT2D eigenvalue weighted by molar-refractivity contribution is -0.141. The van der Waals surface area contributed by atoms with Gasteiger partial charge in [0.25, 0.3) is 5.56 Å². The number of aromatic amines is 1. The van der Waals surface area contributed by atoms with Crippen LogP contribution in [0.4, 0.5) is 0 Å². The van der Waals surface area contributed by atoms with Crippen molar-refractivity contribution < 1.29 is 9.59 Å². The summed E-state index contributed by atoms with van der Waals surface area (Å²) in [5.74, 6) is 0.732. The Morgan fingerprint density at radius 2 is 1.85 bits per heavy atom. The molecule has 2 aliphatic heterocycles. The van der Waals surface area contributed by atoms with Crippen LogP contribution in [0.15, 0.2) is 29.1 Å². The third kappa shape index (κ3) is 5.37. The average molecular weight is 576 g/mol. The largest absolute Gasteiger partial charge is 0.343 e. The molecule has 1 unspecified atom stereocenters. The Morgan fingerprint density at radius 3 is 2.47 bits per heavy atom. The predicted octanol–water partition coefficient (Wildman–Crippen LogP) is 4.25. The van der Waals surface area contributed by atoms with Crippen LogP contribution >= 0.6 is 22.6 Å². The van der Waals surface area contributed by atoms with Gasteiger partial charge in [-0.2, -0.15) is 0 Å². The molecule has 1 N–H and O–H groups in total. The Labute approximate surface area is 214 Å². The zero-order chi connectivity index (χ0) is 24.2. The van der Waals surface area contributed by atoms with Crippen LogP contribution in [0.2, 0.25) is 0 Å². The minimum Gasteiger partial charge on any atom is -0.343 e. The molecule has 2 aromatic rings. The topological polar surface area (TPSA) is 86.4 Å². The van der Waals surface area contributed by atoms with Gasteiger partial charge in [0, 0.05) is 48.4 Å². The number of alkyl halides is 1. The molecule has 1 aromatic carbocycles. The lowest BCUT2D eigenvalue weighted by Gasteiger charge is -2.38. The molecule has 0 aliphatic carbocycles. The average Bonchev–Trinajstić information content (AvgIpc) is 2.87. The first-order valence-electron chi connectivity index (χ1n) is 12.2. The van der Waals surface area contributed by atoms with Gasteiger partial charge in [0.1, 0.15) is 5.82 Å². The van der Waals surface area contributed by atoms with Crippen LogP contribution < -0.4 is 5.56 Å². The van der Waals surface area contributed by atoms with E-state index in [0.717, 1.165) is 34.9 Å². The predicted molar refractivity (Wildman–Crippen MR) is 141 cm³/mol. The molecule has 3 heterocycles. The van der Waals surface area contributed by atoms with Crippen LogP contribution in [-0.4, -0.2) is 51.2 Å². The van der Waals surface area contributed by atoms with Crippen molar-refractivity contribution in [1.82, 2.24) is 19.8 Å². The Bertz CT molecular complexity index is 1090. The van der Waals surface area contributed by atoms with E-state index >= 15 is 0 Å². The van der Waals surface area contributed by atoms with Crippen LogP contribution in [0.3, 0.4) is 0 Å². The number of piperidine rings is 1. The number of H-pyrrole nitrogens is 1. The molecular formula is C26H33IN4O3. The maximum Gasteiger partial charge on any atom is 0.256 e. The second kappa shape index (κ2) is 11.0. The van der Waals surface area contributed by atoms with Crippen molar-refractivity contribution in [3.8, 4) is 11.4 Å². The number of rotatable bonds is 6. The molecule has 34 heavy (non-hydrogen) atoms. The Kier molecular flexibility index (Phi) is 8.06. The van der Waals surface area contributed by atoms with E-state index in [0.29, 0.717) is 50.4 Å². The number of halogens is 1. The molecular weight excluding hydrogens is 543 g/mol. The van der Waals surface area contributed by atoms with Crippen molar-refractivity contribution in [3.63, 3.8) is 0 Å². The van der Waals surface area contributed by atoms with E-state index in [4.69, 9.17) is 4.98 Å². The lowest BCUT2D eigenvalue weighted by Crippen LogP contribution is -2.47. The number of carbonyl (C=O) groups excluding carboxylic acids is 2. The number of hydrogen-bond acceptors (Lipinski definition) is 4. The normalized spacial score (nSPS) is 18.6. The van der Waals surface area contributed by atoms with Crippen LogP contribution in [0.25, 0.3) is 11.4 Å². The third-order valence-corrected chi connectivity index (χ3v) is 7.99. The molecule has 0 saturated carbocycles. The van der Waals surface area contributed by atoms with Crippen molar-refractivity contribution in [3.05, 3.63) is 51.4 Å². The summed E-state index contributed by atoms with van der Waals surface area (Å²) in [5.41, 5.74) is 3.45. The molecule has 1 atom stereocenters. The molecule has 4 rings (SSSR count). The van der Waals surface area contributed by atoms with E-state index < -0.39 is 0 Å². The summed E-state index contributed by atoms with van der Waals surface area (Å²) in [6, 6.07) is 8.14. The van der Waals surface area contributed by atoms with Crippen LogP contribution in [0, 0.1) is 5.92 Å². The Balaban J connectivity index is 1.59. The zero-order valence-corrected chi connectivity index (χ0v) is 22.1. The maximum absolute atomic E-state index is 13.4. The molecule has 2 aliphatic rings. The third-order valence-electron chi connectivity index (χ3n) is 7.11. The molecule has 0 spiro atoms. The number of unbranched alkanes of at least 4 members (excludes halogenated alkanes) is 1. The summed E-state index contributed by atoms with van der Waals surface area (Å²) in [4.78, 5) is 49.8. The second-order valence-corrected chi connectivity index (χ2v) is 10.2. The van der Waals surface area contributed by atoms with Gasteiger partial charge in [0.05, 0.1) is 17.8 Å². The quantitative estimate of drug-likeness (QED) is 0.412. The molecule has 1 aromatic heterocycles. The summed E-state index contributed by atoms with van der Waals surface area (Å²) in [7, 11) is 0. The lowest BCUT2D eigenvalue weighted by atomic mass is 9.88. The maximum atomic E-state index is 13.4. The zero-order valence-electron chi connectivity index (χ0n) is 20.0. The summed E-state index contributed by atoms with van der Waals surface area (Å²) in [6.07, 6.45) is 4.35. The van der Waals surface area contributed by atoms with Crippen molar-refractivity contribution in [1.29, 1.82) is 0 Å². The van der Waals surface area contributed by atoms with Crippen LogP contribution in [0.5, 0.6) is 0 Å². The van der Waals surface area contributed by atoms with Crippen LogP contribution in [-0.2, 0) is 20.6 Å². The minimum atomic E-state index is -0.150. The fraction of sp³-hybridized carbons (Fsp3) is 0.538. The van der Waals surface area contributed by atoms with Gasteiger partial charge in [-0.05, 0) is 24.8 Å². The second-order valence-electron chi connectivity index (χ2n) is 9.45. The van der Waals surface area contributed by atoms with Crippen LogP contribution in [0.1, 0.15) is 68.7 Å². The molecule has 0 radical (unpaired) electrons. The first-order chi connectivity index (χ1) is 16.4. The number of carbonyl (C=O) groups is 2. The highest BCUT2D eigenvalue weighted by Gasteiger charge is 2.35. The number of benzene rings is 1. The van der Waals surface area contributed by atoms with Gasteiger partial charge in [0.2, 0.25) is 11.8 Å². The summed E-state index contributed by atoms with van der Waals surface area (Å²) >= 11 is 2.33. The van der Waals surface area contributed by atoms with E-state index in [-0.39, 0.29) is 29.2 Å². The highest BCUT2D eigenvalue weighted by molar-refractivity contribution is 14.1. The number of hydrogen-bond donors (Lipinski definition) is 1. The summed E-state index contributed by atoms with van der Waals surface area (Å²) in [6.45, 7) is 5.88. The molecule has 1 fully saturated rings. The van der Waals surface area contributed by atoms with E-state index in [9.17, 15) is 14.4 Å². The van der Waals surface area contributed by atoms with E-state index in [2.05, 4.69) is 46.6 Å². The van der Waals surface area contributed by atoms with Gasteiger partial charge in [-0.15, -0.1) is 0 Å². The Morgan fingerprint density at radius 1 is 1.15 bits per heavy atom. The van der Waals surface area contributed by atoms with Gasteiger partial charge < -0.3 is 14.8 Å². The molecule has 182 valence electrons. The molecule has 7 nitrogen and oxygen atoms in total. The van der Waals surface area contributed by atoms with Gasteiger partial charge in [-0.3, -0.25) is 14.4 Å². The van der Waals surface area contributed by atoms with E-state index in [1.807, 2.05) is 21.9 Å². The highest BCUT2D eigenvalue weighted by Crippen LogP contribution is 2.32. The van der Waals surface area contributed by atoms with Crippen molar-refractivity contribution in [2.45, 2.75) is 62.8 Å². The van der Waals surface area contributed by atoms with Gasteiger partial charge >= 0.3 is 0 Å². The SMILES string of the molecule is CCCCC1CN(C(=O)C2CCN(C(C)=O)CC2)Cc2c1nc(-c1ccc(CI)cc1)[nH]c2=O. The smallest absolute Gasteiger partial charge is 0.256 e. The number of nitrogens with zero attached hydrogens (tertiary/aromatic N) is 3. The van der Waals surface area contributed by atoms with Crippen molar-refractivity contribution >= 4 is 34.4 Å². The number of fused-ring (bicyclic) bond motifs is 1. The minimum absolute atomic E-state index is 0.0552. The molecule has 1 saturated heterocycles. The molecule has 8 heteroatoms. The van der Waals surface area contributed by atoms with Crippen molar-refractivity contribution in [2.24, 2.45) is 5.92 Å². The molecule has 0 bridgehead atoms. The van der Waals surface area contributed by atoms with Gasteiger partial charge in [0.15, 0.2) is 0 Å².